The first-order valence-corrected chi connectivity index (χ1v) is 8.65. The summed E-state index contributed by atoms with van der Waals surface area (Å²) in [7, 11) is 3.53. The number of hydrogen-bond acceptors (Lipinski definition) is 5. The number of amides is 1. The summed E-state index contributed by atoms with van der Waals surface area (Å²) in [5.41, 5.74) is 3.06. The Bertz CT molecular complexity index is 1010. The Labute approximate surface area is 157 Å². The molecule has 2 heterocycles. The number of benzene rings is 2. The first-order valence-electron chi connectivity index (χ1n) is 8.65. The lowest BCUT2D eigenvalue weighted by molar-refractivity contribution is -0.756. The van der Waals surface area contributed by atoms with Gasteiger partial charge in [0.2, 0.25) is 5.27 Å². The van der Waals surface area contributed by atoms with E-state index in [0.717, 1.165) is 11.1 Å². The van der Waals surface area contributed by atoms with Crippen molar-refractivity contribution in [1.82, 2.24) is 5.27 Å². The van der Waals surface area contributed by atoms with Crippen LogP contribution in [0.5, 0.6) is 5.75 Å². The molecule has 0 saturated carbocycles. The third-order valence-electron chi connectivity index (χ3n) is 5.14. The fourth-order valence-corrected chi connectivity index (χ4v) is 3.32. The highest BCUT2D eigenvalue weighted by Crippen LogP contribution is 2.38. The summed E-state index contributed by atoms with van der Waals surface area (Å²) in [6.07, 6.45) is 0. The highest BCUT2D eigenvalue weighted by Gasteiger charge is 2.46. The molecule has 0 atom stereocenters. The zero-order valence-corrected chi connectivity index (χ0v) is 15.7. The van der Waals surface area contributed by atoms with E-state index in [4.69, 9.17) is 9.26 Å². The lowest BCUT2D eigenvalue weighted by atomic mass is 9.86. The van der Waals surface area contributed by atoms with E-state index in [1.54, 1.807) is 36.2 Å². The van der Waals surface area contributed by atoms with Crippen LogP contribution in [0.3, 0.4) is 0 Å². The maximum Gasteiger partial charge on any atom is 0.339 e. The summed E-state index contributed by atoms with van der Waals surface area (Å²) in [6.45, 7) is 4.23. The van der Waals surface area contributed by atoms with Crippen LogP contribution >= 0.6 is 0 Å². The maximum atomic E-state index is 12.7. The van der Waals surface area contributed by atoms with Gasteiger partial charge in [0.1, 0.15) is 11.3 Å². The van der Waals surface area contributed by atoms with Gasteiger partial charge in [-0.1, -0.05) is 18.2 Å². The van der Waals surface area contributed by atoms with Gasteiger partial charge < -0.3 is 4.74 Å². The Balaban J connectivity index is 1.73. The Kier molecular flexibility index (Phi) is 3.87. The van der Waals surface area contributed by atoms with E-state index in [1.165, 1.54) is 0 Å². The van der Waals surface area contributed by atoms with Crippen LogP contribution < -0.4 is 19.9 Å². The average Bonchev–Trinajstić information content (AvgIpc) is 3.10. The first kappa shape index (κ1) is 17.1. The summed E-state index contributed by atoms with van der Waals surface area (Å²) in [4.78, 5) is 14.3. The second-order valence-electron chi connectivity index (χ2n) is 6.95. The molecule has 0 bridgehead atoms. The molecule has 1 aliphatic heterocycles. The number of carbonyl (C=O) groups excluding carboxylic acids is 1. The fraction of sp³-hybridized carbons (Fsp3) is 0.250. The van der Waals surface area contributed by atoms with Crippen LogP contribution in [-0.2, 0) is 5.54 Å². The molecule has 0 fully saturated rings. The SMILES string of the molecule is COc1ccc(C(=O)Nc2on[n+]3c2-c2ccccc2C(C)(C)N3C)cc1. The van der Waals surface area contributed by atoms with Crippen molar-refractivity contribution in [1.29, 1.82) is 0 Å². The monoisotopic (exact) mass is 365 g/mol. The van der Waals surface area contributed by atoms with Crippen LogP contribution in [0.25, 0.3) is 11.3 Å². The third-order valence-corrected chi connectivity index (χ3v) is 5.14. The molecule has 0 saturated heterocycles. The largest absolute Gasteiger partial charge is 0.497 e. The Morgan fingerprint density at radius 2 is 1.89 bits per heavy atom. The van der Waals surface area contributed by atoms with Crippen LogP contribution in [0.15, 0.2) is 53.1 Å². The van der Waals surface area contributed by atoms with Crippen LogP contribution in [0.1, 0.15) is 29.8 Å². The molecule has 0 spiro atoms. The summed E-state index contributed by atoms with van der Waals surface area (Å²) >= 11 is 0. The highest BCUT2D eigenvalue weighted by atomic mass is 16.5. The van der Waals surface area contributed by atoms with Gasteiger partial charge in [0, 0.05) is 5.56 Å². The quantitative estimate of drug-likeness (QED) is 0.723. The maximum absolute atomic E-state index is 12.7. The van der Waals surface area contributed by atoms with E-state index >= 15 is 0 Å². The van der Waals surface area contributed by atoms with Gasteiger partial charge in [0.15, 0.2) is 0 Å². The molecule has 3 aromatic rings. The van der Waals surface area contributed by atoms with Gasteiger partial charge in [-0.25, -0.2) is 0 Å². The van der Waals surface area contributed by atoms with Crippen LogP contribution in [0.4, 0.5) is 5.88 Å². The smallest absolute Gasteiger partial charge is 0.339 e. The van der Waals surface area contributed by atoms with E-state index in [9.17, 15) is 4.79 Å². The molecule has 1 N–H and O–H groups in total. The molecule has 1 aromatic heterocycles. The van der Waals surface area contributed by atoms with E-state index in [0.29, 0.717) is 22.9 Å². The standard InChI is InChI=1S/C20H20N4O3/c1-20(2)16-8-6-5-7-15(16)17-19(27-22-24(17)23(20)3)21-18(25)13-9-11-14(26-4)12-10-13/h5-12H,1-4H3/p+1. The number of nitrogens with one attached hydrogen (secondary N) is 1. The lowest BCUT2D eigenvalue weighted by Crippen LogP contribution is -2.67. The average molecular weight is 365 g/mol. The zero-order chi connectivity index (χ0) is 19.2. The van der Waals surface area contributed by atoms with Gasteiger partial charge in [-0.2, -0.15) is 0 Å². The second-order valence-corrected chi connectivity index (χ2v) is 6.95. The van der Waals surface area contributed by atoms with Gasteiger partial charge in [-0.3, -0.25) is 14.6 Å². The number of carbonyl (C=O) groups is 1. The Morgan fingerprint density at radius 1 is 1.19 bits per heavy atom. The van der Waals surface area contributed by atoms with Gasteiger partial charge >= 0.3 is 11.6 Å². The molecule has 1 aliphatic rings. The molecular weight excluding hydrogens is 344 g/mol. The number of fused-ring (bicyclic) bond motifs is 3. The summed E-state index contributed by atoms with van der Waals surface area (Å²) < 4.78 is 10.6. The summed E-state index contributed by atoms with van der Waals surface area (Å²) in [5.74, 6) is 0.727. The first-order chi connectivity index (χ1) is 12.9. The van der Waals surface area contributed by atoms with E-state index < -0.39 is 0 Å². The molecule has 1 amide bonds. The van der Waals surface area contributed by atoms with Crippen molar-refractivity contribution in [3.63, 3.8) is 0 Å². The van der Waals surface area contributed by atoms with Crippen molar-refractivity contribution in [3.8, 4) is 17.0 Å². The number of hydrogen-bond donors (Lipinski definition) is 1. The van der Waals surface area contributed by atoms with Gasteiger partial charge in [0.05, 0.1) is 24.5 Å². The van der Waals surface area contributed by atoms with Crippen molar-refractivity contribution in [2.45, 2.75) is 19.4 Å². The lowest BCUT2D eigenvalue weighted by Gasteiger charge is -2.34. The minimum absolute atomic E-state index is 0.275. The summed E-state index contributed by atoms with van der Waals surface area (Å²) in [6, 6.07) is 14.9. The van der Waals surface area contributed by atoms with Gasteiger partial charge in [0.25, 0.3) is 5.91 Å². The van der Waals surface area contributed by atoms with E-state index in [2.05, 4.69) is 30.5 Å². The molecule has 7 nitrogen and oxygen atoms in total. The van der Waals surface area contributed by atoms with Crippen LogP contribution in [-0.4, -0.2) is 25.3 Å². The molecule has 4 rings (SSSR count). The molecule has 0 radical (unpaired) electrons. The van der Waals surface area contributed by atoms with Crippen molar-refractivity contribution in [2.24, 2.45) is 0 Å². The molecule has 27 heavy (non-hydrogen) atoms. The van der Waals surface area contributed by atoms with Crippen molar-refractivity contribution < 1.29 is 18.8 Å². The minimum Gasteiger partial charge on any atom is -0.497 e. The number of anilines is 1. The predicted octanol–water partition coefficient (Wildman–Crippen LogP) is 2.71. The third kappa shape index (κ3) is 2.63. The van der Waals surface area contributed by atoms with E-state index in [1.807, 2.05) is 30.3 Å². The molecule has 0 aliphatic carbocycles. The molecule has 7 heteroatoms. The number of ether oxygens (including phenoxy) is 1. The predicted molar refractivity (Wildman–Crippen MR) is 100 cm³/mol. The van der Waals surface area contributed by atoms with Crippen LogP contribution in [0.2, 0.25) is 0 Å². The Morgan fingerprint density at radius 3 is 2.59 bits per heavy atom. The Hall–Kier alpha value is -3.35. The van der Waals surface area contributed by atoms with E-state index in [-0.39, 0.29) is 11.4 Å². The molecule has 2 aromatic carbocycles. The topological polar surface area (TPSA) is 71.5 Å². The zero-order valence-electron chi connectivity index (χ0n) is 15.7. The fourth-order valence-electron chi connectivity index (χ4n) is 3.32. The second kappa shape index (κ2) is 6.12. The van der Waals surface area contributed by atoms with Gasteiger partial charge in [-0.05, 0) is 49.7 Å². The number of methoxy groups -OCH3 is 1. The number of rotatable bonds is 3. The number of nitrogens with zero attached hydrogens (tertiary/aromatic N) is 3. The highest BCUT2D eigenvalue weighted by molar-refractivity contribution is 6.04. The normalized spacial score (nSPS) is 14.3. The number of aromatic nitrogens is 2. The molecule has 138 valence electrons. The van der Waals surface area contributed by atoms with Crippen molar-refractivity contribution in [2.75, 3.05) is 24.5 Å². The summed E-state index contributed by atoms with van der Waals surface area (Å²) in [5, 5.41) is 8.96. The molecular formula is C20H21N4O3+. The van der Waals surface area contributed by atoms with Crippen LogP contribution in [0, 0.1) is 0 Å². The molecule has 0 unspecified atom stereocenters. The van der Waals surface area contributed by atoms with Crippen molar-refractivity contribution >= 4 is 11.8 Å². The minimum atomic E-state index is -0.276. The van der Waals surface area contributed by atoms with Crippen molar-refractivity contribution in [3.05, 3.63) is 59.7 Å². The van der Waals surface area contributed by atoms with Gasteiger partial charge in [-0.15, -0.1) is 5.01 Å².